The van der Waals surface area contributed by atoms with Gasteiger partial charge in [0.25, 0.3) is 0 Å². The lowest BCUT2D eigenvalue weighted by Crippen LogP contribution is -2.15. The van der Waals surface area contributed by atoms with Crippen LogP contribution >= 0.6 is 11.3 Å². The van der Waals surface area contributed by atoms with E-state index in [0.717, 1.165) is 18.4 Å². The average Bonchev–Trinajstić information content (AvgIpc) is 2.34. The van der Waals surface area contributed by atoms with Crippen LogP contribution < -0.4 is 0 Å². The van der Waals surface area contributed by atoms with E-state index in [-0.39, 0.29) is 0 Å². The van der Waals surface area contributed by atoms with Gasteiger partial charge in [-0.1, -0.05) is 6.92 Å². The number of carbonyl (C=O) groups is 1. The summed E-state index contributed by atoms with van der Waals surface area (Å²) in [7, 11) is 0. The molecule has 0 aliphatic heterocycles. The van der Waals surface area contributed by atoms with Gasteiger partial charge in [0, 0.05) is 16.9 Å². The zero-order chi connectivity index (χ0) is 7.84. The Balaban J connectivity index is 2.44. The van der Waals surface area contributed by atoms with Crippen LogP contribution in [0.1, 0.15) is 28.6 Å². The van der Waals surface area contributed by atoms with E-state index >= 15 is 0 Å². The fourth-order valence-corrected chi connectivity index (χ4v) is 2.62. The molecule has 2 heteroatoms. The van der Waals surface area contributed by atoms with E-state index in [4.69, 9.17) is 0 Å². The Hall–Kier alpha value is -0.630. The molecule has 1 nitrogen and oxygen atoms in total. The van der Waals surface area contributed by atoms with Gasteiger partial charge >= 0.3 is 0 Å². The zero-order valence-corrected chi connectivity index (χ0v) is 7.28. The first-order valence-electron chi connectivity index (χ1n) is 3.87. The highest BCUT2D eigenvalue weighted by Crippen LogP contribution is 2.28. The summed E-state index contributed by atoms with van der Waals surface area (Å²) >= 11 is 1.71. The molecule has 0 saturated carbocycles. The first-order valence-corrected chi connectivity index (χ1v) is 4.75. The normalized spacial score (nSPS) is 23.4. The monoisotopic (exact) mass is 166 g/mol. The van der Waals surface area contributed by atoms with Crippen LogP contribution in [0.2, 0.25) is 0 Å². The highest BCUT2D eigenvalue weighted by Gasteiger charge is 2.22. The lowest BCUT2D eigenvalue weighted by molar-refractivity contribution is 0.0954. The first kappa shape index (κ1) is 7.04. The summed E-state index contributed by atoms with van der Waals surface area (Å²) in [6.45, 7) is 2.14. The number of carbonyl (C=O) groups excluding carboxylic acids is 1. The standard InChI is InChI=1S/C9H10OS/c1-6-4-8(10)7-2-3-11-9(7)5-6/h2-3,6H,4-5H2,1H3/t6-/m0/s1. The van der Waals surface area contributed by atoms with Gasteiger partial charge in [-0.15, -0.1) is 11.3 Å². The third-order valence-corrected chi connectivity index (χ3v) is 3.06. The predicted molar refractivity (Wildman–Crippen MR) is 46.1 cm³/mol. The maximum Gasteiger partial charge on any atom is 0.164 e. The van der Waals surface area contributed by atoms with Gasteiger partial charge in [0.1, 0.15) is 0 Å². The Labute approximate surface area is 70.1 Å². The molecule has 1 aliphatic carbocycles. The first-order chi connectivity index (χ1) is 5.27. The van der Waals surface area contributed by atoms with Gasteiger partial charge in [0.05, 0.1) is 0 Å². The van der Waals surface area contributed by atoms with Gasteiger partial charge < -0.3 is 0 Å². The lowest BCUT2D eigenvalue weighted by atomic mass is 9.90. The van der Waals surface area contributed by atoms with Crippen LogP contribution in [0, 0.1) is 5.92 Å². The number of hydrogen-bond donors (Lipinski definition) is 0. The molecule has 0 radical (unpaired) electrons. The summed E-state index contributed by atoms with van der Waals surface area (Å²) in [5.74, 6) is 0.883. The number of fused-ring (bicyclic) bond motifs is 1. The number of rotatable bonds is 0. The van der Waals surface area contributed by atoms with Crippen molar-refractivity contribution in [3.8, 4) is 0 Å². The summed E-state index contributed by atoms with van der Waals surface area (Å²) in [5, 5.41) is 2.01. The Morgan fingerprint density at radius 1 is 1.55 bits per heavy atom. The minimum absolute atomic E-state index is 0.333. The molecule has 11 heavy (non-hydrogen) atoms. The van der Waals surface area contributed by atoms with E-state index in [1.165, 1.54) is 4.88 Å². The summed E-state index contributed by atoms with van der Waals surface area (Å²) in [5.41, 5.74) is 0.980. The SMILES string of the molecule is C[C@H]1CC(=O)c2ccsc2C1. The topological polar surface area (TPSA) is 17.1 Å². The van der Waals surface area contributed by atoms with E-state index in [2.05, 4.69) is 6.92 Å². The Kier molecular flexibility index (Phi) is 1.57. The van der Waals surface area contributed by atoms with Crippen molar-refractivity contribution < 1.29 is 4.79 Å². The number of ketones is 1. The molecule has 0 amide bonds. The maximum absolute atomic E-state index is 11.4. The van der Waals surface area contributed by atoms with Crippen molar-refractivity contribution in [1.29, 1.82) is 0 Å². The molecule has 1 aromatic rings. The van der Waals surface area contributed by atoms with Crippen molar-refractivity contribution in [3.63, 3.8) is 0 Å². The van der Waals surface area contributed by atoms with Gasteiger partial charge in [-0.2, -0.15) is 0 Å². The second-order valence-corrected chi connectivity index (χ2v) is 4.19. The van der Waals surface area contributed by atoms with Crippen LogP contribution in [0.4, 0.5) is 0 Å². The third kappa shape index (κ3) is 1.11. The molecule has 0 saturated heterocycles. The third-order valence-electron chi connectivity index (χ3n) is 2.11. The second-order valence-electron chi connectivity index (χ2n) is 3.19. The molecule has 0 aromatic carbocycles. The van der Waals surface area contributed by atoms with Gasteiger partial charge in [-0.3, -0.25) is 4.79 Å². The summed E-state index contributed by atoms with van der Waals surface area (Å²) < 4.78 is 0. The van der Waals surface area contributed by atoms with Gasteiger partial charge in [0.2, 0.25) is 0 Å². The number of hydrogen-bond acceptors (Lipinski definition) is 2. The lowest BCUT2D eigenvalue weighted by Gasteiger charge is -2.15. The van der Waals surface area contributed by atoms with Crippen LogP contribution in [0.5, 0.6) is 0 Å². The quantitative estimate of drug-likeness (QED) is 0.578. The largest absolute Gasteiger partial charge is 0.294 e. The fourth-order valence-electron chi connectivity index (χ4n) is 1.56. The molecule has 0 spiro atoms. The molecule has 1 atom stereocenters. The molecule has 2 rings (SSSR count). The zero-order valence-electron chi connectivity index (χ0n) is 6.46. The van der Waals surface area contributed by atoms with E-state index in [1.807, 2.05) is 11.4 Å². The summed E-state index contributed by atoms with van der Waals surface area (Å²) in [6, 6.07) is 1.95. The second kappa shape index (κ2) is 2.45. The van der Waals surface area contributed by atoms with E-state index < -0.39 is 0 Å². The number of Topliss-reactive ketones (excluding diaryl/α,β-unsaturated/α-hetero) is 1. The Bertz CT molecular complexity index is 288. The molecule has 0 N–H and O–H groups in total. The van der Waals surface area contributed by atoms with E-state index in [1.54, 1.807) is 11.3 Å². The molecule has 1 aliphatic rings. The average molecular weight is 166 g/mol. The van der Waals surface area contributed by atoms with E-state index in [9.17, 15) is 4.79 Å². The van der Waals surface area contributed by atoms with Crippen molar-refractivity contribution >= 4 is 17.1 Å². The van der Waals surface area contributed by atoms with Crippen LogP contribution in [-0.2, 0) is 6.42 Å². The molecule has 0 unspecified atom stereocenters. The van der Waals surface area contributed by atoms with Crippen molar-refractivity contribution in [2.24, 2.45) is 5.92 Å². The molecule has 0 fully saturated rings. The van der Waals surface area contributed by atoms with Crippen molar-refractivity contribution in [2.75, 3.05) is 0 Å². The highest BCUT2D eigenvalue weighted by molar-refractivity contribution is 7.10. The maximum atomic E-state index is 11.4. The summed E-state index contributed by atoms with van der Waals surface area (Å²) in [4.78, 5) is 12.6. The smallest absolute Gasteiger partial charge is 0.164 e. The van der Waals surface area contributed by atoms with Gasteiger partial charge in [0.15, 0.2) is 5.78 Å². The Morgan fingerprint density at radius 3 is 3.18 bits per heavy atom. The Morgan fingerprint density at radius 2 is 2.36 bits per heavy atom. The van der Waals surface area contributed by atoms with E-state index in [0.29, 0.717) is 11.7 Å². The fraction of sp³-hybridized carbons (Fsp3) is 0.444. The van der Waals surface area contributed by atoms with Gasteiger partial charge in [-0.05, 0) is 23.8 Å². The highest BCUT2D eigenvalue weighted by atomic mass is 32.1. The minimum atomic E-state index is 0.333. The van der Waals surface area contributed by atoms with Crippen LogP contribution in [0.3, 0.4) is 0 Å². The summed E-state index contributed by atoms with van der Waals surface area (Å²) in [6.07, 6.45) is 1.84. The van der Waals surface area contributed by atoms with Crippen LogP contribution in [0.15, 0.2) is 11.4 Å². The van der Waals surface area contributed by atoms with Gasteiger partial charge in [-0.25, -0.2) is 0 Å². The molecular formula is C9H10OS. The van der Waals surface area contributed by atoms with Crippen LogP contribution in [0.25, 0.3) is 0 Å². The van der Waals surface area contributed by atoms with Crippen molar-refractivity contribution in [3.05, 3.63) is 21.9 Å². The van der Waals surface area contributed by atoms with Crippen molar-refractivity contribution in [2.45, 2.75) is 19.8 Å². The minimum Gasteiger partial charge on any atom is -0.294 e. The van der Waals surface area contributed by atoms with Crippen LogP contribution in [-0.4, -0.2) is 5.78 Å². The number of thiophene rings is 1. The molecule has 1 heterocycles. The van der Waals surface area contributed by atoms with Crippen molar-refractivity contribution in [1.82, 2.24) is 0 Å². The molecule has 0 bridgehead atoms. The molecule has 1 aromatic heterocycles. The molecule has 58 valence electrons. The molecular weight excluding hydrogens is 156 g/mol. The predicted octanol–water partition coefficient (Wildman–Crippen LogP) is 2.51.